The van der Waals surface area contributed by atoms with Crippen molar-refractivity contribution >= 4 is 11.6 Å². The summed E-state index contributed by atoms with van der Waals surface area (Å²) in [5.41, 5.74) is 1.90. The van der Waals surface area contributed by atoms with Gasteiger partial charge in [-0.3, -0.25) is 4.79 Å². The van der Waals surface area contributed by atoms with Crippen molar-refractivity contribution in [3.05, 3.63) is 59.7 Å². The molecule has 2 aromatic rings. The predicted octanol–water partition coefficient (Wildman–Crippen LogP) is 5.40. The first-order valence-electron chi connectivity index (χ1n) is 9.96. The summed E-state index contributed by atoms with van der Waals surface area (Å²) < 4.78 is 6.10. The van der Waals surface area contributed by atoms with Crippen LogP contribution in [0.2, 0.25) is 0 Å². The normalized spacial score (nSPS) is 20.0. The fourth-order valence-electron chi connectivity index (χ4n) is 3.78. The molecule has 2 aromatic carbocycles. The number of carbonyl (C=O) groups excluding carboxylic acids is 1. The Kier molecular flexibility index (Phi) is 5.73. The van der Waals surface area contributed by atoms with Crippen LogP contribution in [0, 0.1) is 0 Å². The number of nitrogens with zero attached hydrogens (tertiary/aromatic N) is 1. The number of fused-ring (bicyclic) bond motifs is 1. The molecule has 0 radical (unpaired) electrons. The Morgan fingerprint density at radius 2 is 1.81 bits per heavy atom. The van der Waals surface area contributed by atoms with E-state index in [1.54, 1.807) is 0 Å². The molecule has 1 N–H and O–H groups in total. The van der Waals surface area contributed by atoms with Crippen LogP contribution in [0.25, 0.3) is 0 Å². The molecule has 4 heteroatoms. The van der Waals surface area contributed by atoms with Crippen molar-refractivity contribution in [2.75, 3.05) is 11.9 Å². The Morgan fingerprint density at radius 3 is 2.56 bits per heavy atom. The van der Waals surface area contributed by atoms with Gasteiger partial charge in [-0.15, -0.1) is 0 Å². The summed E-state index contributed by atoms with van der Waals surface area (Å²) >= 11 is 0. The molecule has 0 spiro atoms. The third-order valence-corrected chi connectivity index (χ3v) is 5.43. The topological polar surface area (TPSA) is 41.6 Å². The van der Waals surface area contributed by atoms with E-state index >= 15 is 0 Å². The third kappa shape index (κ3) is 3.53. The first-order chi connectivity index (χ1) is 13.0. The van der Waals surface area contributed by atoms with Gasteiger partial charge in [-0.05, 0) is 44.9 Å². The van der Waals surface area contributed by atoms with E-state index < -0.39 is 5.66 Å². The lowest BCUT2D eigenvalue weighted by molar-refractivity contribution is 0.0392. The standard InChI is InChI=1S/C23H30N2O2/c1-5-7-16-27-21-15-11-9-13-19(21)23(4)24-20-14-10-8-12-18(20)22(26)25(23)17(3)6-2/h8-15,17,24H,5-7,16H2,1-4H3. The quantitative estimate of drug-likeness (QED) is 0.667. The Bertz CT molecular complexity index is 804. The van der Waals surface area contributed by atoms with Crippen LogP contribution in [0.4, 0.5) is 5.69 Å². The number of benzene rings is 2. The number of unbranched alkanes of at least 4 members (excludes halogenated alkanes) is 1. The summed E-state index contributed by atoms with van der Waals surface area (Å²) in [5, 5.41) is 3.64. The summed E-state index contributed by atoms with van der Waals surface area (Å²) in [6, 6.07) is 15.9. The monoisotopic (exact) mass is 366 g/mol. The summed E-state index contributed by atoms with van der Waals surface area (Å²) in [6.07, 6.45) is 2.97. The van der Waals surface area contributed by atoms with E-state index in [0.717, 1.165) is 41.8 Å². The molecule has 1 amide bonds. The summed E-state index contributed by atoms with van der Waals surface area (Å²) in [4.78, 5) is 15.4. The maximum absolute atomic E-state index is 13.4. The number of nitrogens with one attached hydrogen (secondary N) is 1. The van der Waals surface area contributed by atoms with E-state index in [1.165, 1.54) is 0 Å². The van der Waals surface area contributed by atoms with Crippen LogP contribution in [-0.4, -0.2) is 23.5 Å². The molecule has 1 aliphatic heterocycles. The maximum atomic E-state index is 13.4. The number of rotatable bonds is 7. The van der Waals surface area contributed by atoms with Gasteiger partial charge in [0, 0.05) is 17.3 Å². The van der Waals surface area contributed by atoms with Crippen molar-refractivity contribution in [3.8, 4) is 5.75 Å². The molecule has 2 atom stereocenters. The zero-order chi connectivity index (χ0) is 19.4. The highest BCUT2D eigenvalue weighted by atomic mass is 16.5. The summed E-state index contributed by atoms with van der Waals surface area (Å²) in [7, 11) is 0. The molecule has 144 valence electrons. The summed E-state index contributed by atoms with van der Waals surface area (Å²) in [6.45, 7) is 9.13. The molecule has 1 heterocycles. The van der Waals surface area contributed by atoms with Crippen molar-refractivity contribution in [2.45, 2.75) is 58.7 Å². The first kappa shape index (κ1) is 19.3. The number of para-hydroxylation sites is 2. The lowest BCUT2D eigenvalue weighted by atomic mass is 9.91. The largest absolute Gasteiger partial charge is 0.493 e. The van der Waals surface area contributed by atoms with Gasteiger partial charge in [0.05, 0.1) is 12.2 Å². The fourth-order valence-corrected chi connectivity index (χ4v) is 3.78. The molecule has 3 rings (SSSR count). The van der Waals surface area contributed by atoms with Gasteiger partial charge in [-0.25, -0.2) is 0 Å². The van der Waals surface area contributed by atoms with Crippen LogP contribution in [0.5, 0.6) is 5.75 Å². The molecule has 0 aromatic heterocycles. The number of hydrogen-bond donors (Lipinski definition) is 1. The van der Waals surface area contributed by atoms with E-state index in [4.69, 9.17) is 4.74 Å². The zero-order valence-electron chi connectivity index (χ0n) is 16.8. The maximum Gasteiger partial charge on any atom is 0.258 e. The second-order valence-corrected chi connectivity index (χ2v) is 7.37. The van der Waals surface area contributed by atoms with E-state index in [1.807, 2.05) is 47.4 Å². The molecule has 0 saturated carbocycles. The highest BCUT2D eigenvalue weighted by molar-refractivity contribution is 6.02. The van der Waals surface area contributed by atoms with Gasteiger partial charge in [-0.1, -0.05) is 50.6 Å². The average Bonchev–Trinajstić information content (AvgIpc) is 2.68. The number of amides is 1. The van der Waals surface area contributed by atoms with Crippen LogP contribution in [-0.2, 0) is 5.66 Å². The van der Waals surface area contributed by atoms with Crippen molar-refractivity contribution < 1.29 is 9.53 Å². The average molecular weight is 367 g/mol. The second-order valence-electron chi connectivity index (χ2n) is 7.37. The van der Waals surface area contributed by atoms with Crippen LogP contribution in [0.15, 0.2) is 48.5 Å². The smallest absolute Gasteiger partial charge is 0.258 e. The molecule has 0 aliphatic carbocycles. The molecule has 0 saturated heterocycles. The first-order valence-corrected chi connectivity index (χ1v) is 9.96. The van der Waals surface area contributed by atoms with Crippen molar-refractivity contribution in [1.82, 2.24) is 4.90 Å². The van der Waals surface area contributed by atoms with Crippen LogP contribution in [0.3, 0.4) is 0 Å². The lowest BCUT2D eigenvalue weighted by Gasteiger charge is -2.49. The molecular formula is C23H30N2O2. The van der Waals surface area contributed by atoms with Gasteiger partial charge in [-0.2, -0.15) is 0 Å². The molecule has 2 unspecified atom stereocenters. The van der Waals surface area contributed by atoms with E-state index in [9.17, 15) is 4.79 Å². The third-order valence-electron chi connectivity index (χ3n) is 5.43. The minimum atomic E-state index is -0.677. The minimum absolute atomic E-state index is 0.0598. The number of carbonyl (C=O) groups is 1. The Balaban J connectivity index is 2.10. The number of ether oxygens (including phenoxy) is 1. The van der Waals surface area contributed by atoms with Gasteiger partial charge in [0.15, 0.2) is 0 Å². The number of hydrogen-bond acceptors (Lipinski definition) is 3. The predicted molar refractivity (Wildman–Crippen MR) is 110 cm³/mol. The van der Waals surface area contributed by atoms with Gasteiger partial charge in [0.2, 0.25) is 0 Å². The highest BCUT2D eigenvalue weighted by Crippen LogP contribution is 2.42. The van der Waals surface area contributed by atoms with Crippen LogP contribution >= 0.6 is 0 Å². The molecule has 27 heavy (non-hydrogen) atoms. The van der Waals surface area contributed by atoms with E-state index in [2.05, 4.69) is 39.1 Å². The van der Waals surface area contributed by atoms with Crippen molar-refractivity contribution in [3.63, 3.8) is 0 Å². The summed E-state index contributed by atoms with van der Waals surface area (Å²) in [5.74, 6) is 0.894. The Labute approximate surface area is 162 Å². The highest BCUT2D eigenvalue weighted by Gasteiger charge is 2.45. The second kappa shape index (κ2) is 8.03. The van der Waals surface area contributed by atoms with E-state index in [0.29, 0.717) is 6.61 Å². The van der Waals surface area contributed by atoms with Gasteiger partial charge < -0.3 is 15.0 Å². The van der Waals surface area contributed by atoms with Gasteiger partial charge >= 0.3 is 0 Å². The Morgan fingerprint density at radius 1 is 1.11 bits per heavy atom. The van der Waals surface area contributed by atoms with Gasteiger partial charge in [0.25, 0.3) is 5.91 Å². The van der Waals surface area contributed by atoms with Gasteiger partial charge in [0.1, 0.15) is 11.4 Å². The van der Waals surface area contributed by atoms with Crippen molar-refractivity contribution in [1.29, 1.82) is 0 Å². The molecular weight excluding hydrogens is 336 g/mol. The number of anilines is 1. The molecule has 0 bridgehead atoms. The van der Waals surface area contributed by atoms with E-state index in [-0.39, 0.29) is 11.9 Å². The SMILES string of the molecule is CCCCOc1ccccc1C1(C)Nc2ccccc2C(=O)N1C(C)CC. The fraction of sp³-hybridized carbons (Fsp3) is 0.435. The lowest BCUT2D eigenvalue weighted by Crippen LogP contribution is -2.59. The van der Waals surface area contributed by atoms with Crippen LogP contribution < -0.4 is 10.1 Å². The zero-order valence-corrected chi connectivity index (χ0v) is 16.8. The molecule has 1 aliphatic rings. The molecule has 0 fully saturated rings. The Hall–Kier alpha value is -2.49. The van der Waals surface area contributed by atoms with Crippen LogP contribution in [0.1, 0.15) is 62.9 Å². The van der Waals surface area contributed by atoms with Crippen molar-refractivity contribution in [2.24, 2.45) is 0 Å². The minimum Gasteiger partial charge on any atom is -0.493 e. The molecule has 4 nitrogen and oxygen atoms in total.